The zero-order valence-electron chi connectivity index (χ0n) is 17.1. The van der Waals surface area contributed by atoms with Crippen LogP contribution in [0.4, 0.5) is 0 Å². The number of nitrogens with zero attached hydrogens (tertiary/aromatic N) is 1. The maximum absolute atomic E-state index is 12.9. The van der Waals surface area contributed by atoms with Gasteiger partial charge in [-0.15, -0.1) is 0 Å². The molecule has 4 N–H and O–H groups in total. The Morgan fingerprint density at radius 3 is 2.52 bits per heavy atom. The Kier molecular flexibility index (Phi) is 6.11. The number of benzene rings is 3. The fourth-order valence-corrected chi connectivity index (χ4v) is 3.82. The Morgan fingerprint density at radius 2 is 1.81 bits per heavy atom. The van der Waals surface area contributed by atoms with Crippen molar-refractivity contribution in [1.29, 1.82) is 0 Å². The first-order valence-corrected chi connectivity index (χ1v) is 10.5. The van der Waals surface area contributed by atoms with E-state index in [1.165, 1.54) is 11.9 Å². The van der Waals surface area contributed by atoms with E-state index in [2.05, 4.69) is 15.5 Å². The molecule has 0 radical (unpaired) electrons. The highest BCUT2D eigenvalue weighted by Crippen LogP contribution is 2.30. The number of rotatable bonds is 7. The molecule has 158 valence electrons. The highest BCUT2D eigenvalue weighted by molar-refractivity contribution is 7.97. The number of aromatic nitrogens is 2. The monoisotopic (exact) mass is 434 g/mol. The predicted molar refractivity (Wildman–Crippen MR) is 122 cm³/mol. The van der Waals surface area contributed by atoms with Gasteiger partial charge in [-0.1, -0.05) is 18.2 Å². The number of methoxy groups -OCH3 is 2. The van der Waals surface area contributed by atoms with Gasteiger partial charge in [-0.25, -0.2) is 0 Å². The first-order chi connectivity index (χ1) is 15.1. The molecule has 0 bridgehead atoms. The summed E-state index contributed by atoms with van der Waals surface area (Å²) < 4.78 is 10.8. The first kappa shape index (κ1) is 20.8. The van der Waals surface area contributed by atoms with Gasteiger partial charge in [0.05, 0.1) is 37.5 Å². The van der Waals surface area contributed by atoms with E-state index in [1.54, 1.807) is 20.3 Å². The van der Waals surface area contributed by atoms with Crippen LogP contribution < -0.4 is 19.9 Å². The van der Waals surface area contributed by atoms with E-state index >= 15 is 0 Å². The summed E-state index contributed by atoms with van der Waals surface area (Å²) in [5, 5.41) is 17.0. The third-order valence-corrected chi connectivity index (χ3v) is 5.55. The average molecular weight is 435 g/mol. The summed E-state index contributed by atoms with van der Waals surface area (Å²) in [6.07, 6.45) is 0. The van der Waals surface area contributed by atoms with Gasteiger partial charge in [0.25, 0.3) is 5.91 Å². The Labute approximate surface area is 184 Å². The first-order valence-electron chi connectivity index (χ1n) is 9.58. The van der Waals surface area contributed by atoms with Crippen LogP contribution in [-0.2, 0) is 6.54 Å². The van der Waals surface area contributed by atoms with Crippen molar-refractivity contribution in [1.82, 2.24) is 15.5 Å². The maximum Gasteiger partial charge on any atom is 0.251 e. The summed E-state index contributed by atoms with van der Waals surface area (Å²) in [5.74, 6) is 1.11. The van der Waals surface area contributed by atoms with Gasteiger partial charge in [0.2, 0.25) is 0 Å². The fraction of sp³-hybridized carbons (Fsp3) is 0.130. The van der Waals surface area contributed by atoms with E-state index in [0.29, 0.717) is 17.1 Å². The lowest BCUT2D eigenvalue weighted by molar-refractivity contribution is 0.0950. The molecule has 0 spiro atoms. The summed E-state index contributed by atoms with van der Waals surface area (Å²) >= 11 is 1.18. The summed E-state index contributed by atoms with van der Waals surface area (Å²) in [6, 6.07) is 18.8. The number of carbonyl (C=O) groups is 1. The van der Waals surface area contributed by atoms with Crippen molar-refractivity contribution < 1.29 is 14.3 Å². The summed E-state index contributed by atoms with van der Waals surface area (Å²) in [6.45, 7) is 0.276. The summed E-state index contributed by atoms with van der Waals surface area (Å²) in [4.78, 5) is 13.8. The molecule has 0 atom stereocenters. The molecule has 1 aromatic heterocycles. The normalized spacial score (nSPS) is 10.8. The van der Waals surface area contributed by atoms with Crippen LogP contribution in [0.2, 0.25) is 0 Å². The fourth-order valence-electron chi connectivity index (χ4n) is 3.46. The van der Waals surface area contributed by atoms with Gasteiger partial charge in [0, 0.05) is 21.4 Å². The molecular weight excluding hydrogens is 412 g/mol. The van der Waals surface area contributed by atoms with Crippen molar-refractivity contribution >= 4 is 28.8 Å². The number of nitrogens with two attached hydrogens (primary N) is 1. The minimum atomic E-state index is -0.201. The number of hydrogen-bond donors (Lipinski definition) is 3. The SMILES string of the molecule is COc1cccc(OC)c1CNC(=O)c1ccc2[nH]nc(-c3cccc(SN)c3)c2c1. The molecule has 31 heavy (non-hydrogen) atoms. The van der Waals surface area contributed by atoms with Crippen molar-refractivity contribution in [2.24, 2.45) is 5.14 Å². The molecule has 0 unspecified atom stereocenters. The van der Waals surface area contributed by atoms with Crippen LogP contribution in [0.1, 0.15) is 15.9 Å². The highest BCUT2D eigenvalue weighted by Gasteiger charge is 2.15. The molecule has 0 fully saturated rings. The lowest BCUT2D eigenvalue weighted by atomic mass is 10.1. The van der Waals surface area contributed by atoms with Gasteiger partial charge in [-0.3, -0.25) is 15.0 Å². The van der Waals surface area contributed by atoms with E-state index in [9.17, 15) is 4.79 Å². The average Bonchev–Trinajstić information content (AvgIpc) is 3.25. The van der Waals surface area contributed by atoms with Crippen molar-refractivity contribution in [3.63, 3.8) is 0 Å². The predicted octanol–water partition coefficient (Wildman–Crippen LogP) is 4.14. The molecule has 1 amide bonds. The largest absolute Gasteiger partial charge is 0.496 e. The lowest BCUT2D eigenvalue weighted by Crippen LogP contribution is -2.23. The van der Waals surface area contributed by atoms with Crippen LogP contribution in [-0.4, -0.2) is 30.3 Å². The molecule has 0 saturated carbocycles. The summed E-state index contributed by atoms with van der Waals surface area (Å²) in [7, 11) is 3.18. The smallest absolute Gasteiger partial charge is 0.251 e. The zero-order valence-corrected chi connectivity index (χ0v) is 18.0. The molecule has 7 nitrogen and oxygen atoms in total. The number of carbonyl (C=O) groups excluding carboxylic acids is 1. The van der Waals surface area contributed by atoms with Crippen LogP contribution in [0.25, 0.3) is 22.2 Å². The molecule has 4 rings (SSSR count). The van der Waals surface area contributed by atoms with Gasteiger partial charge in [-0.05, 0) is 54.4 Å². The van der Waals surface area contributed by atoms with Gasteiger partial charge >= 0.3 is 0 Å². The number of ether oxygens (including phenoxy) is 2. The second-order valence-corrected chi connectivity index (χ2v) is 7.51. The molecule has 8 heteroatoms. The number of nitrogens with one attached hydrogen (secondary N) is 2. The third kappa shape index (κ3) is 4.21. The Morgan fingerprint density at radius 1 is 1.06 bits per heavy atom. The van der Waals surface area contributed by atoms with Crippen molar-refractivity contribution in [2.45, 2.75) is 11.4 Å². The highest BCUT2D eigenvalue weighted by atomic mass is 32.2. The van der Waals surface area contributed by atoms with E-state index in [4.69, 9.17) is 14.6 Å². The Balaban J connectivity index is 1.61. The van der Waals surface area contributed by atoms with Crippen LogP contribution in [0.5, 0.6) is 11.5 Å². The van der Waals surface area contributed by atoms with Crippen LogP contribution in [0.15, 0.2) is 65.6 Å². The second kappa shape index (κ2) is 9.11. The quantitative estimate of drug-likeness (QED) is 0.378. The number of fused-ring (bicyclic) bond motifs is 1. The van der Waals surface area contributed by atoms with Crippen molar-refractivity contribution in [3.8, 4) is 22.8 Å². The van der Waals surface area contributed by atoms with Gasteiger partial charge in [0.1, 0.15) is 11.5 Å². The van der Waals surface area contributed by atoms with Crippen molar-refractivity contribution in [2.75, 3.05) is 14.2 Å². The molecule has 0 saturated heterocycles. The Bertz CT molecular complexity index is 1220. The molecule has 3 aromatic carbocycles. The maximum atomic E-state index is 12.9. The number of amides is 1. The standard InChI is InChI=1S/C23H22N4O3S/c1-29-20-7-4-8-21(30-2)18(20)13-25-23(28)15-9-10-19-17(12-15)22(27-26-19)14-5-3-6-16(11-14)31-24/h3-12H,13,24H2,1-2H3,(H,25,28)(H,26,27). The summed E-state index contributed by atoms with van der Waals surface area (Å²) in [5.41, 5.74) is 3.86. The topological polar surface area (TPSA) is 102 Å². The zero-order chi connectivity index (χ0) is 21.8. The molecule has 4 aromatic rings. The van der Waals surface area contributed by atoms with Crippen LogP contribution in [0, 0.1) is 0 Å². The Hall–Kier alpha value is -3.49. The third-order valence-electron chi connectivity index (χ3n) is 5.02. The van der Waals surface area contributed by atoms with Gasteiger partial charge < -0.3 is 14.8 Å². The van der Waals surface area contributed by atoms with E-state index in [1.807, 2.05) is 54.6 Å². The molecule has 0 aliphatic rings. The van der Waals surface area contributed by atoms with Gasteiger partial charge in [0.15, 0.2) is 0 Å². The molecule has 1 heterocycles. The molecule has 0 aliphatic carbocycles. The van der Waals surface area contributed by atoms with Crippen molar-refractivity contribution in [3.05, 3.63) is 71.8 Å². The van der Waals surface area contributed by atoms with E-state index < -0.39 is 0 Å². The lowest BCUT2D eigenvalue weighted by Gasteiger charge is -2.13. The van der Waals surface area contributed by atoms with E-state index in [0.717, 1.165) is 32.6 Å². The molecule has 0 aliphatic heterocycles. The number of H-pyrrole nitrogens is 1. The number of aromatic amines is 1. The minimum Gasteiger partial charge on any atom is -0.496 e. The number of hydrogen-bond acceptors (Lipinski definition) is 6. The van der Waals surface area contributed by atoms with Crippen LogP contribution in [0.3, 0.4) is 0 Å². The second-order valence-electron chi connectivity index (χ2n) is 6.80. The van der Waals surface area contributed by atoms with Gasteiger partial charge in [-0.2, -0.15) is 5.10 Å². The minimum absolute atomic E-state index is 0.201. The van der Waals surface area contributed by atoms with E-state index in [-0.39, 0.29) is 12.5 Å². The van der Waals surface area contributed by atoms with Crippen LogP contribution >= 0.6 is 11.9 Å². The molecular formula is C23H22N4O3S.